The van der Waals surface area contributed by atoms with Crippen LogP contribution in [0.2, 0.25) is 0 Å². The van der Waals surface area contributed by atoms with E-state index in [-0.39, 0.29) is 0 Å². The van der Waals surface area contributed by atoms with Crippen molar-refractivity contribution in [3.8, 4) is 0 Å². The number of unbranched alkanes of at least 4 members (excludes halogenated alkanes) is 2. The van der Waals surface area contributed by atoms with Crippen molar-refractivity contribution in [2.24, 2.45) is 4.51 Å². The summed E-state index contributed by atoms with van der Waals surface area (Å²) in [6.45, 7) is 0.845. The molecular weight excluding hydrogens is 159 g/mol. The van der Waals surface area contributed by atoms with Gasteiger partial charge in [-0.3, -0.25) is 0 Å². The van der Waals surface area contributed by atoms with Gasteiger partial charge in [-0.2, -0.15) is 4.51 Å². The van der Waals surface area contributed by atoms with Gasteiger partial charge in [0.2, 0.25) is 0 Å². The summed E-state index contributed by atoms with van der Waals surface area (Å²) in [6.07, 6.45) is 4.76. The zero-order valence-electron chi connectivity index (χ0n) is 5.11. The highest BCUT2D eigenvalue weighted by Crippen LogP contribution is 1.91. The average molecular weight is 169 g/mol. The monoisotopic (exact) mass is 168 g/mol. The molecule has 0 aliphatic rings. The minimum Gasteiger partial charge on any atom is -0.234 e. The molecule has 9 heavy (non-hydrogen) atoms. The zero-order valence-corrected chi connectivity index (χ0v) is 6.62. The predicted octanol–water partition coefficient (Wildman–Crippen LogP) is 2.12. The van der Waals surface area contributed by atoms with Gasteiger partial charge < -0.3 is 0 Å². The summed E-state index contributed by atoms with van der Waals surface area (Å²) in [7, 11) is 0. The van der Waals surface area contributed by atoms with Crippen molar-refractivity contribution in [1.29, 1.82) is 0 Å². The maximum absolute atomic E-state index is 5.20. The van der Waals surface area contributed by atoms with Crippen molar-refractivity contribution < 1.29 is 0 Å². The first-order valence-corrected chi connectivity index (χ1v) is 3.59. The van der Waals surface area contributed by atoms with E-state index in [0.29, 0.717) is 0 Å². The van der Waals surface area contributed by atoms with Gasteiger partial charge in [-0.05, 0) is 31.0 Å². The molecule has 0 rings (SSSR count). The van der Waals surface area contributed by atoms with Crippen LogP contribution in [0.1, 0.15) is 19.3 Å². The van der Waals surface area contributed by atoms with Crippen molar-refractivity contribution in [1.82, 2.24) is 4.84 Å². The molecule has 0 saturated heterocycles. The molecule has 0 aliphatic carbocycles. The second kappa shape index (κ2) is 8.21. The molecule has 0 spiro atoms. The maximum atomic E-state index is 5.20. The van der Waals surface area contributed by atoms with Gasteiger partial charge in [0.05, 0.1) is 0 Å². The van der Waals surface area contributed by atoms with E-state index in [9.17, 15) is 0 Å². The highest BCUT2D eigenvalue weighted by molar-refractivity contribution is 6.17. The van der Waals surface area contributed by atoms with Crippen LogP contribution < -0.4 is 4.84 Å². The first kappa shape index (κ1) is 9.21. The quantitative estimate of drug-likeness (QED) is 0.380. The van der Waals surface area contributed by atoms with Crippen LogP contribution in [-0.4, -0.2) is 12.8 Å². The number of hydrogen-bond donors (Lipinski definition) is 1. The molecule has 0 amide bonds. The van der Waals surface area contributed by atoms with Crippen molar-refractivity contribution >= 4 is 29.8 Å². The first-order chi connectivity index (χ1) is 4.41. The lowest BCUT2D eigenvalue weighted by molar-refractivity contribution is 0.748. The van der Waals surface area contributed by atoms with Crippen LogP contribution >= 0.6 is 23.6 Å². The molecule has 0 heterocycles. The topological polar surface area (TPSA) is 24.4 Å². The summed E-state index contributed by atoms with van der Waals surface area (Å²) in [4.78, 5) is 2.54. The van der Waals surface area contributed by atoms with Crippen LogP contribution in [0.25, 0.3) is 0 Å². The molecule has 54 valence electrons. The van der Waals surface area contributed by atoms with Crippen LogP contribution in [0, 0.1) is 0 Å². The Bertz CT molecular complexity index is 75.4. The summed E-state index contributed by atoms with van der Waals surface area (Å²) in [5.74, 6) is 0. The van der Waals surface area contributed by atoms with Crippen LogP contribution in [0.4, 0.5) is 0 Å². The molecule has 0 fully saturated rings. The third-order valence-corrected chi connectivity index (χ3v) is 1.25. The van der Waals surface area contributed by atoms with E-state index in [1.165, 1.54) is 0 Å². The Kier molecular flexibility index (Phi) is 8.40. The van der Waals surface area contributed by atoms with Gasteiger partial charge in [0.15, 0.2) is 0 Å². The van der Waals surface area contributed by atoms with Crippen molar-refractivity contribution in [2.75, 3.05) is 6.54 Å². The highest BCUT2D eigenvalue weighted by atomic mass is 35.5. The van der Waals surface area contributed by atoms with Crippen molar-refractivity contribution in [3.63, 3.8) is 0 Å². The smallest absolute Gasteiger partial charge is 0.0361 e. The lowest BCUT2D eigenvalue weighted by atomic mass is 10.2. The van der Waals surface area contributed by atoms with Gasteiger partial charge in [0.25, 0.3) is 0 Å². The molecule has 0 aromatic rings. The molecule has 2 nitrogen and oxygen atoms in total. The van der Waals surface area contributed by atoms with Gasteiger partial charge in [-0.15, -0.1) is 0 Å². The second-order valence-electron chi connectivity index (χ2n) is 1.66. The van der Waals surface area contributed by atoms with Gasteiger partial charge >= 0.3 is 0 Å². The third-order valence-electron chi connectivity index (χ3n) is 0.923. The predicted molar refractivity (Wildman–Crippen MR) is 42.1 cm³/mol. The number of nitrogens with zero attached hydrogens (tertiary/aromatic N) is 1. The van der Waals surface area contributed by atoms with Crippen LogP contribution in [0.3, 0.4) is 0 Å². The molecule has 0 atom stereocenters. The summed E-state index contributed by atoms with van der Waals surface area (Å²) in [5.41, 5.74) is 0. The fourth-order valence-corrected chi connectivity index (χ4v) is 0.707. The Balaban J connectivity index is 2.75. The molecular formula is C5H10Cl2N2. The largest absolute Gasteiger partial charge is 0.234 e. The summed E-state index contributed by atoms with van der Waals surface area (Å²) < 4.78 is 3.33. The summed E-state index contributed by atoms with van der Waals surface area (Å²) in [5, 5.41) is 0. The Labute approximate surface area is 65.5 Å². The van der Waals surface area contributed by atoms with E-state index in [4.69, 9.17) is 23.6 Å². The van der Waals surface area contributed by atoms with E-state index in [1.807, 2.05) is 0 Å². The van der Waals surface area contributed by atoms with Gasteiger partial charge in [0.1, 0.15) is 0 Å². The fourth-order valence-electron chi connectivity index (χ4n) is 0.476. The third kappa shape index (κ3) is 8.21. The van der Waals surface area contributed by atoms with Gasteiger partial charge in [0, 0.05) is 24.5 Å². The molecule has 0 unspecified atom stereocenters. The second-order valence-corrected chi connectivity index (χ2v) is 2.12. The minimum atomic E-state index is 0.845. The Morgan fingerprint density at radius 1 is 1.44 bits per heavy atom. The number of rotatable bonds is 5. The number of hydrogen-bond acceptors (Lipinski definition) is 2. The molecule has 0 saturated carbocycles. The average Bonchev–Trinajstić information content (AvgIpc) is 1.89. The van der Waals surface area contributed by atoms with Crippen LogP contribution in [0.5, 0.6) is 0 Å². The van der Waals surface area contributed by atoms with Crippen molar-refractivity contribution in [3.05, 3.63) is 0 Å². The molecule has 4 heteroatoms. The van der Waals surface area contributed by atoms with E-state index >= 15 is 0 Å². The van der Waals surface area contributed by atoms with Crippen molar-refractivity contribution in [2.45, 2.75) is 19.3 Å². The molecule has 0 aliphatic heterocycles. The molecule has 0 bridgehead atoms. The maximum Gasteiger partial charge on any atom is 0.0361 e. The Hall–Kier alpha value is 0.210. The van der Waals surface area contributed by atoms with Crippen LogP contribution in [-0.2, 0) is 0 Å². The number of halogens is 2. The fraction of sp³-hybridized carbons (Fsp3) is 0.800. The summed E-state index contributed by atoms with van der Waals surface area (Å²) >= 11 is 10.2. The molecule has 1 N–H and O–H groups in total. The number of nitrogens with one attached hydrogen (secondary N) is 1. The standard InChI is InChI=1S/C5H10Cl2N2/c6-8-4-2-1-3-5-9-7/h4,9H,1-3,5H2/b8-4+. The molecule has 0 radical (unpaired) electrons. The zero-order chi connectivity index (χ0) is 6.95. The van der Waals surface area contributed by atoms with Crippen LogP contribution in [0.15, 0.2) is 4.51 Å². The van der Waals surface area contributed by atoms with E-state index in [2.05, 4.69) is 9.35 Å². The lowest BCUT2D eigenvalue weighted by Gasteiger charge is -1.92. The Morgan fingerprint density at radius 3 is 2.78 bits per heavy atom. The Morgan fingerprint density at radius 2 is 2.22 bits per heavy atom. The first-order valence-electron chi connectivity index (χ1n) is 2.88. The molecule has 0 aromatic heterocycles. The SMILES string of the molecule is Cl/N=C/CCCCNCl. The summed E-state index contributed by atoms with van der Waals surface area (Å²) in [6, 6.07) is 0. The highest BCUT2D eigenvalue weighted by Gasteiger charge is 1.83. The van der Waals surface area contributed by atoms with E-state index in [0.717, 1.165) is 25.8 Å². The van der Waals surface area contributed by atoms with E-state index < -0.39 is 0 Å². The van der Waals surface area contributed by atoms with E-state index in [1.54, 1.807) is 6.21 Å². The minimum absolute atomic E-state index is 0.845. The van der Waals surface area contributed by atoms with Gasteiger partial charge in [-0.25, -0.2) is 4.84 Å². The lowest BCUT2D eigenvalue weighted by Crippen LogP contribution is -1.99. The van der Waals surface area contributed by atoms with Gasteiger partial charge in [-0.1, -0.05) is 0 Å². The normalized spacial score (nSPS) is 10.9. The molecule has 0 aromatic carbocycles.